The number of hydrogen-bond donors (Lipinski definition) is 0. The predicted molar refractivity (Wildman–Crippen MR) is 381 cm³/mol. The van der Waals surface area contributed by atoms with Crippen LogP contribution in [0.5, 0.6) is 0 Å². The minimum absolute atomic E-state index is 0.0284. The summed E-state index contributed by atoms with van der Waals surface area (Å²) in [6.07, 6.45) is -18.1. The first-order chi connectivity index (χ1) is 50.7. The molecule has 9 aromatic rings. The highest BCUT2D eigenvalue weighted by atomic mass is 16.8. The lowest BCUT2D eigenvalue weighted by atomic mass is 9.95. The minimum atomic E-state index is -1.58. The van der Waals surface area contributed by atoms with Crippen LogP contribution in [0.4, 0.5) is 0 Å². The fourth-order valence-electron chi connectivity index (χ4n) is 12.8. The van der Waals surface area contributed by atoms with Gasteiger partial charge >= 0.3 is 11.9 Å². The van der Waals surface area contributed by atoms with Gasteiger partial charge in [-0.2, -0.15) is 0 Å². The molecule has 15 atom stereocenters. The van der Waals surface area contributed by atoms with Crippen LogP contribution in [-0.4, -0.2) is 124 Å². The lowest BCUT2D eigenvalue weighted by Crippen LogP contribution is -2.68. The van der Waals surface area contributed by atoms with Gasteiger partial charge in [-0.1, -0.05) is 273 Å². The molecule has 9 aromatic carbocycles. The second-order valence-corrected chi connectivity index (χ2v) is 25.6. The van der Waals surface area contributed by atoms with E-state index in [-0.39, 0.29) is 79.3 Å². The maximum absolute atomic E-state index is 14.0. The van der Waals surface area contributed by atoms with Crippen LogP contribution in [0.2, 0.25) is 0 Å². The molecule has 18 nitrogen and oxygen atoms in total. The third kappa shape index (κ3) is 22.2. The standard InChI is InChI=1S/C85H90O18/c1-60(86)97-80-77(94-54-68-42-24-9-25-43-68)74(91-51-65-36-18-6-19-37-65)71(57-88-48-62-30-12-3-13-31-62)99-83(80)102-82-79(96-56-70-46-28-11-29-47-70)76(93-53-67-40-22-8-23-41-67)73(59-90-50-64-34-16-5-17-35-64)101-85(82)103-84-81(98-61(2)87)78(95-55-69-44-26-10-27-45-69)75(92-52-66-38-20-7-21-39-66)72(100-84)58-89-49-63-32-14-4-15-33-63/h3-47,71-85H,48-59H2,1-2H3/t71-,72-,73-,74-,75-,76-,77+,78+,79+,80-,81-,82+,83+,84+,85+/m1/s1. The smallest absolute Gasteiger partial charge is 0.303 e. The van der Waals surface area contributed by atoms with Crippen LogP contribution in [0.15, 0.2) is 273 Å². The zero-order chi connectivity index (χ0) is 70.6. The van der Waals surface area contributed by atoms with Crippen molar-refractivity contribution in [1.29, 1.82) is 0 Å². The van der Waals surface area contributed by atoms with Crippen molar-refractivity contribution >= 4 is 11.9 Å². The molecule has 0 radical (unpaired) electrons. The van der Waals surface area contributed by atoms with Crippen molar-refractivity contribution in [3.05, 3.63) is 323 Å². The van der Waals surface area contributed by atoms with Crippen LogP contribution in [0, 0.1) is 0 Å². The van der Waals surface area contributed by atoms with Gasteiger partial charge in [0.05, 0.1) is 79.3 Å². The first kappa shape index (κ1) is 74.1. The number of hydrogen-bond acceptors (Lipinski definition) is 18. The van der Waals surface area contributed by atoms with Gasteiger partial charge in [-0.15, -0.1) is 0 Å². The van der Waals surface area contributed by atoms with Crippen LogP contribution in [0.3, 0.4) is 0 Å². The van der Waals surface area contributed by atoms with E-state index in [2.05, 4.69) is 0 Å². The minimum Gasteiger partial charge on any atom is -0.454 e. The second kappa shape index (κ2) is 39.3. The Kier molecular flexibility index (Phi) is 28.3. The molecule has 0 bridgehead atoms. The van der Waals surface area contributed by atoms with Gasteiger partial charge in [0, 0.05) is 13.8 Å². The van der Waals surface area contributed by atoms with Crippen molar-refractivity contribution < 1.29 is 85.4 Å². The normalized spacial score (nSPS) is 24.8. The molecule has 12 rings (SSSR count). The van der Waals surface area contributed by atoms with Gasteiger partial charge < -0.3 is 75.8 Å². The van der Waals surface area contributed by atoms with Gasteiger partial charge in [0.1, 0.15) is 61.0 Å². The van der Waals surface area contributed by atoms with Gasteiger partial charge in [0.15, 0.2) is 24.8 Å². The molecule has 3 saturated heterocycles. The summed E-state index contributed by atoms with van der Waals surface area (Å²) in [4.78, 5) is 28.0. The lowest BCUT2D eigenvalue weighted by molar-refractivity contribution is -0.410. The highest BCUT2D eigenvalue weighted by Gasteiger charge is 2.58. The third-order valence-electron chi connectivity index (χ3n) is 17.8. The van der Waals surface area contributed by atoms with Gasteiger partial charge in [0.25, 0.3) is 0 Å². The Balaban J connectivity index is 0.989. The Bertz CT molecular complexity index is 3860. The first-order valence-corrected chi connectivity index (χ1v) is 35.1. The molecule has 103 heavy (non-hydrogen) atoms. The number of carbonyl (C=O) groups excluding carboxylic acids is 2. The van der Waals surface area contributed by atoms with E-state index >= 15 is 0 Å². The number of benzene rings is 9. The van der Waals surface area contributed by atoms with E-state index in [0.717, 1.165) is 50.1 Å². The fourth-order valence-corrected chi connectivity index (χ4v) is 12.8. The highest BCUT2D eigenvalue weighted by molar-refractivity contribution is 5.66. The molecule has 0 spiro atoms. The molecule has 3 aliphatic heterocycles. The van der Waals surface area contributed by atoms with Crippen LogP contribution in [0.25, 0.3) is 0 Å². The molecule has 0 unspecified atom stereocenters. The van der Waals surface area contributed by atoms with Crippen molar-refractivity contribution in [2.45, 2.75) is 165 Å². The maximum Gasteiger partial charge on any atom is 0.303 e. The molecule has 18 heteroatoms. The van der Waals surface area contributed by atoms with E-state index in [0.29, 0.717) is 0 Å². The number of esters is 2. The predicted octanol–water partition coefficient (Wildman–Crippen LogP) is 13.6. The summed E-state index contributed by atoms with van der Waals surface area (Å²) in [6.45, 7) is 3.62. The molecular weight excluding hydrogens is 1310 g/mol. The van der Waals surface area contributed by atoms with Crippen LogP contribution in [-0.2, 0) is 145 Å². The molecule has 0 aliphatic carbocycles. The van der Waals surface area contributed by atoms with E-state index in [1.165, 1.54) is 13.8 Å². The Morgan fingerprint density at radius 3 is 0.670 bits per heavy atom. The zero-order valence-electron chi connectivity index (χ0n) is 58.0. The van der Waals surface area contributed by atoms with Crippen LogP contribution in [0.1, 0.15) is 63.9 Å². The number of rotatable bonds is 36. The first-order valence-electron chi connectivity index (χ1n) is 35.1. The van der Waals surface area contributed by atoms with Crippen LogP contribution < -0.4 is 0 Å². The largest absolute Gasteiger partial charge is 0.454 e. The molecule has 0 saturated carbocycles. The molecule has 0 N–H and O–H groups in total. The summed E-state index contributed by atoms with van der Waals surface area (Å²) in [5, 5.41) is 0. The van der Waals surface area contributed by atoms with E-state index in [4.69, 9.17) is 75.8 Å². The zero-order valence-corrected chi connectivity index (χ0v) is 58.0. The molecule has 0 amide bonds. The van der Waals surface area contributed by atoms with Crippen molar-refractivity contribution in [2.75, 3.05) is 19.8 Å². The van der Waals surface area contributed by atoms with Gasteiger partial charge in [-0.05, 0) is 50.1 Å². The van der Waals surface area contributed by atoms with E-state index in [1.807, 2.05) is 273 Å². The quantitative estimate of drug-likeness (QED) is 0.0338. The summed E-state index contributed by atoms with van der Waals surface area (Å²) >= 11 is 0. The van der Waals surface area contributed by atoms with Gasteiger partial charge in [-0.3, -0.25) is 9.59 Å². The molecule has 0 aromatic heterocycles. The fraction of sp³-hybridized carbons (Fsp3) is 0.341. The Hall–Kier alpha value is -8.64. The van der Waals surface area contributed by atoms with E-state index in [9.17, 15) is 9.59 Å². The molecule has 3 fully saturated rings. The second-order valence-electron chi connectivity index (χ2n) is 25.6. The molecular formula is C85H90O18. The van der Waals surface area contributed by atoms with E-state index in [1.54, 1.807) is 0 Å². The Morgan fingerprint density at radius 1 is 0.243 bits per heavy atom. The highest BCUT2D eigenvalue weighted by Crippen LogP contribution is 2.40. The monoisotopic (exact) mass is 1400 g/mol. The summed E-state index contributed by atoms with van der Waals surface area (Å²) in [6, 6.07) is 87.7. The molecule has 538 valence electrons. The summed E-state index contributed by atoms with van der Waals surface area (Å²) in [5.41, 5.74) is 7.88. The molecule has 3 aliphatic rings. The average molecular weight is 1400 g/mol. The Labute approximate surface area is 602 Å². The number of ether oxygens (including phenoxy) is 16. The van der Waals surface area contributed by atoms with Crippen molar-refractivity contribution in [2.24, 2.45) is 0 Å². The maximum atomic E-state index is 14.0. The Morgan fingerprint density at radius 2 is 0.437 bits per heavy atom. The van der Waals surface area contributed by atoms with Gasteiger partial charge in [-0.25, -0.2) is 0 Å². The summed E-state index contributed by atoms with van der Waals surface area (Å²) in [5.74, 6) is -1.32. The van der Waals surface area contributed by atoms with E-state index < -0.39 is 104 Å². The summed E-state index contributed by atoms with van der Waals surface area (Å²) < 4.78 is 113. The number of carbonyl (C=O) groups is 2. The van der Waals surface area contributed by atoms with Gasteiger partial charge in [0.2, 0.25) is 6.29 Å². The van der Waals surface area contributed by atoms with Crippen molar-refractivity contribution in [1.82, 2.24) is 0 Å². The van der Waals surface area contributed by atoms with Crippen molar-refractivity contribution in [3.63, 3.8) is 0 Å². The average Bonchev–Trinajstić information content (AvgIpc) is 0.788. The van der Waals surface area contributed by atoms with Crippen molar-refractivity contribution in [3.8, 4) is 0 Å². The third-order valence-corrected chi connectivity index (χ3v) is 17.8. The molecule has 3 heterocycles. The van der Waals surface area contributed by atoms with Crippen LogP contribution >= 0.6 is 0 Å². The topological polar surface area (TPSA) is 182 Å². The summed E-state index contributed by atoms with van der Waals surface area (Å²) in [7, 11) is 0. The lowest BCUT2D eigenvalue weighted by Gasteiger charge is -2.51. The SMILES string of the molecule is CC(=O)O[C@H]1[C@H](O[C@@H]2O[C@H](COCc3ccccc3)[C@@H](OCc3ccccc3)[C@H](OCc3ccccc3)[C@@H]2O[C@@H]2O[C@H](COCc3ccccc3)[C@@H](OCc3ccccc3)[C@H](OCc3ccccc3)[C@H]2OC(C)=O)O[C@H](COCc2ccccc2)[C@@H](OCc2ccccc2)[C@@H]1OCc1ccccc1.